The lowest BCUT2D eigenvalue weighted by Crippen LogP contribution is -2.38. The van der Waals surface area contributed by atoms with Crippen LogP contribution in [0.4, 0.5) is 5.69 Å². The van der Waals surface area contributed by atoms with Crippen LogP contribution in [0.2, 0.25) is 5.02 Å². The molecule has 0 radical (unpaired) electrons. The second-order valence-electron chi connectivity index (χ2n) is 5.55. The zero-order chi connectivity index (χ0) is 16.9. The van der Waals surface area contributed by atoms with Crippen molar-refractivity contribution in [2.75, 3.05) is 17.6 Å². The van der Waals surface area contributed by atoms with Crippen LogP contribution in [0.5, 0.6) is 0 Å². The Morgan fingerprint density at radius 1 is 1.09 bits per heavy atom. The third-order valence-corrected chi connectivity index (χ3v) is 6.12. The highest BCUT2D eigenvalue weighted by Gasteiger charge is 2.30. The molecule has 0 saturated heterocycles. The number of carbonyl (C=O) groups is 2. The molecular formula is C15H19ClN2O4S. The van der Waals surface area contributed by atoms with Crippen molar-refractivity contribution >= 4 is 38.9 Å². The Labute approximate surface area is 140 Å². The van der Waals surface area contributed by atoms with E-state index < -0.39 is 32.7 Å². The van der Waals surface area contributed by atoms with Gasteiger partial charge in [0.05, 0.1) is 11.8 Å². The number of hydrogen-bond acceptors (Lipinski definition) is 4. The van der Waals surface area contributed by atoms with Crippen molar-refractivity contribution < 1.29 is 18.0 Å². The van der Waals surface area contributed by atoms with Crippen LogP contribution in [0.15, 0.2) is 24.3 Å². The number of halogens is 1. The summed E-state index contributed by atoms with van der Waals surface area (Å²) in [4.78, 5) is 23.4. The molecule has 0 spiro atoms. The first-order chi connectivity index (χ1) is 10.9. The van der Waals surface area contributed by atoms with Crippen LogP contribution in [0.3, 0.4) is 0 Å². The molecule has 1 aliphatic rings. The predicted molar refractivity (Wildman–Crippen MR) is 89.1 cm³/mol. The van der Waals surface area contributed by atoms with E-state index in [0.29, 0.717) is 23.6 Å². The standard InChI is InChI=1S/C15H19ClN2O4S/c16-11-5-7-12(8-6-11)18-14(19)9-17-15(20)10-23(21,22)13-3-1-2-4-13/h5-8,13H,1-4,9-10H2,(H,17,20)(H,18,19). The molecule has 1 aromatic carbocycles. The molecule has 8 heteroatoms. The van der Waals surface area contributed by atoms with E-state index in [4.69, 9.17) is 11.6 Å². The molecule has 2 N–H and O–H groups in total. The first kappa shape index (κ1) is 17.7. The summed E-state index contributed by atoms with van der Waals surface area (Å²) in [5.41, 5.74) is 0.548. The number of hydrogen-bond donors (Lipinski definition) is 2. The summed E-state index contributed by atoms with van der Waals surface area (Å²) in [7, 11) is -3.43. The van der Waals surface area contributed by atoms with E-state index in [-0.39, 0.29) is 6.54 Å². The van der Waals surface area contributed by atoms with Gasteiger partial charge in [0, 0.05) is 10.7 Å². The summed E-state index contributed by atoms with van der Waals surface area (Å²) in [5, 5.41) is 5.05. The predicted octanol–water partition coefficient (Wildman–Crippen LogP) is 1.75. The van der Waals surface area contributed by atoms with Crippen LogP contribution >= 0.6 is 11.6 Å². The summed E-state index contributed by atoms with van der Waals surface area (Å²) < 4.78 is 24.1. The number of rotatable bonds is 6. The Balaban J connectivity index is 1.77. The molecule has 0 bridgehead atoms. The zero-order valence-electron chi connectivity index (χ0n) is 12.5. The average Bonchev–Trinajstić information content (AvgIpc) is 3.02. The molecule has 1 aliphatic carbocycles. The topological polar surface area (TPSA) is 92.3 Å². The number of carbonyl (C=O) groups excluding carboxylic acids is 2. The van der Waals surface area contributed by atoms with E-state index in [9.17, 15) is 18.0 Å². The van der Waals surface area contributed by atoms with Crippen molar-refractivity contribution in [3.63, 3.8) is 0 Å². The minimum Gasteiger partial charge on any atom is -0.346 e. The quantitative estimate of drug-likeness (QED) is 0.810. The molecule has 0 aromatic heterocycles. The maximum atomic E-state index is 12.0. The van der Waals surface area contributed by atoms with Crippen LogP contribution in [0.1, 0.15) is 25.7 Å². The van der Waals surface area contributed by atoms with Gasteiger partial charge in [-0.1, -0.05) is 24.4 Å². The molecule has 23 heavy (non-hydrogen) atoms. The molecule has 2 amide bonds. The van der Waals surface area contributed by atoms with Crippen molar-refractivity contribution in [1.29, 1.82) is 0 Å². The molecule has 126 valence electrons. The molecule has 1 aromatic rings. The molecular weight excluding hydrogens is 340 g/mol. The van der Waals surface area contributed by atoms with Crippen molar-refractivity contribution in [2.45, 2.75) is 30.9 Å². The minimum atomic E-state index is -3.43. The molecule has 0 unspecified atom stereocenters. The SMILES string of the molecule is O=C(CS(=O)(=O)C1CCCC1)NCC(=O)Nc1ccc(Cl)cc1. The summed E-state index contributed by atoms with van der Waals surface area (Å²) in [5.74, 6) is -1.64. The maximum absolute atomic E-state index is 12.0. The molecule has 2 rings (SSSR count). The normalized spacial score (nSPS) is 15.3. The average molecular weight is 359 g/mol. The van der Waals surface area contributed by atoms with Gasteiger partial charge in [-0.05, 0) is 37.1 Å². The fraction of sp³-hybridized carbons (Fsp3) is 0.467. The minimum absolute atomic E-state index is 0.276. The van der Waals surface area contributed by atoms with Crippen LogP contribution in [0.25, 0.3) is 0 Å². The van der Waals surface area contributed by atoms with E-state index in [2.05, 4.69) is 10.6 Å². The fourth-order valence-electron chi connectivity index (χ4n) is 2.52. The number of amides is 2. The molecule has 0 heterocycles. The molecule has 0 atom stereocenters. The van der Waals surface area contributed by atoms with Crippen LogP contribution in [0, 0.1) is 0 Å². The smallest absolute Gasteiger partial charge is 0.243 e. The van der Waals surface area contributed by atoms with Crippen molar-refractivity contribution in [1.82, 2.24) is 5.32 Å². The lowest BCUT2D eigenvalue weighted by Gasteiger charge is -2.11. The second-order valence-corrected chi connectivity index (χ2v) is 8.26. The van der Waals surface area contributed by atoms with Gasteiger partial charge in [0.2, 0.25) is 11.8 Å². The molecule has 1 saturated carbocycles. The maximum Gasteiger partial charge on any atom is 0.243 e. The number of sulfone groups is 1. The fourth-order valence-corrected chi connectivity index (χ4v) is 4.40. The van der Waals surface area contributed by atoms with Crippen molar-refractivity contribution in [2.24, 2.45) is 0 Å². The van der Waals surface area contributed by atoms with E-state index in [1.165, 1.54) is 0 Å². The number of anilines is 1. The monoisotopic (exact) mass is 358 g/mol. The Hall–Kier alpha value is -1.60. The Morgan fingerprint density at radius 2 is 1.70 bits per heavy atom. The van der Waals surface area contributed by atoms with E-state index in [1.54, 1.807) is 24.3 Å². The molecule has 6 nitrogen and oxygen atoms in total. The van der Waals surface area contributed by atoms with Gasteiger partial charge in [0.1, 0.15) is 5.75 Å². The van der Waals surface area contributed by atoms with Crippen LogP contribution < -0.4 is 10.6 Å². The Morgan fingerprint density at radius 3 is 2.30 bits per heavy atom. The van der Waals surface area contributed by atoms with Crippen molar-refractivity contribution in [3.8, 4) is 0 Å². The highest BCUT2D eigenvalue weighted by Crippen LogP contribution is 2.25. The van der Waals surface area contributed by atoms with E-state index >= 15 is 0 Å². The number of nitrogens with one attached hydrogen (secondary N) is 2. The molecule has 0 aliphatic heterocycles. The largest absolute Gasteiger partial charge is 0.346 e. The lowest BCUT2D eigenvalue weighted by molar-refractivity contribution is -0.122. The van der Waals surface area contributed by atoms with Gasteiger partial charge in [0.15, 0.2) is 9.84 Å². The summed E-state index contributed by atoms with van der Waals surface area (Å²) in [6.45, 7) is -0.276. The van der Waals surface area contributed by atoms with Crippen molar-refractivity contribution in [3.05, 3.63) is 29.3 Å². The summed E-state index contributed by atoms with van der Waals surface area (Å²) in [6, 6.07) is 6.52. The first-order valence-electron chi connectivity index (χ1n) is 7.40. The van der Waals surface area contributed by atoms with Crippen LogP contribution in [-0.4, -0.2) is 37.8 Å². The van der Waals surface area contributed by atoms with Gasteiger partial charge >= 0.3 is 0 Å². The van der Waals surface area contributed by atoms with E-state index in [1.807, 2.05) is 0 Å². The van der Waals surface area contributed by atoms with Gasteiger partial charge in [-0.15, -0.1) is 0 Å². The third-order valence-electron chi connectivity index (χ3n) is 3.72. The lowest BCUT2D eigenvalue weighted by atomic mass is 10.3. The van der Waals surface area contributed by atoms with Gasteiger partial charge < -0.3 is 10.6 Å². The van der Waals surface area contributed by atoms with Gasteiger partial charge in [-0.3, -0.25) is 9.59 Å². The highest BCUT2D eigenvalue weighted by molar-refractivity contribution is 7.92. The second kappa shape index (κ2) is 7.79. The molecule has 1 fully saturated rings. The van der Waals surface area contributed by atoms with Gasteiger partial charge in [0.25, 0.3) is 0 Å². The summed E-state index contributed by atoms with van der Waals surface area (Å²) >= 11 is 5.74. The highest BCUT2D eigenvalue weighted by atomic mass is 35.5. The Bertz CT molecular complexity index is 667. The summed E-state index contributed by atoms with van der Waals surface area (Å²) in [6.07, 6.45) is 3.00. The van der Waals surface area contributed by atoms with Crippen LogP contribution in [-0.2, 0) is 19.4 Å². The third kappa shape index (κ3) is 5.51. The zero-order valence-corrected chi connectivity index (χ0v) is 14.1. The van der Waals surface area contributed by atoms with E-state index in [0.717, 1.165) is 12.8 Å². The number of benzene rings is 1. The Kier molecular flexibility index (Phi) is 6.01. The van der Waals surface area contributed by atoms with Gasteiger partial charge in [-0.2, -0.15) is 0 Å². The van der Waals surface area contributed by atoms with Gasteiger partial charge in [-0.25, -0.2) is 8.42 Å². The first-order valence-corrected chi connectivity index (χ1v) is 9.50.